The number of anilines is 1. The van der Waals surface area contributed by atoms with Crippen LogP contribution < -0.4 is 11.3 Å². The fourth-order valence-electron chi connectivity index (χ4n) is 1.60. The predicted molar refractivity (Wildman–Crippen MR) is 80.3 cm³/mol. The molecular weight excluding hydrogens is 280 g/mol. The first-order valence-electron chi connectivity index (χ1n) is 5.80. The standard InChI is InChI=1S/C13H15ClN4S/c1-8-9(2)16-12(17-13(8)18-15)7-19-11-6-4-3-5-10(11)14/h3-6H,7,15H2,1-2H3,(H,16,17,18). The molecule has 19 heavy (non-hydrogen) atoms. The van der Waals surface area contributed by atoms with Gasteiger partial charge < -0.3 is 5.43 Å². The second kappa shape index (κ2) is 6.23. The van der Waals surface area contributed by atoms with E-state index in [0.29, 0.717) is 11.6 Å². The van der Waals surface area contributed by atoms with Crippen molar-refractivity contribution in [2.45, 2.75) is 24.5 Å². The quantitative estimate of drug-likeness (QED) is 0.514. The van der Waals surface area contributed by atoms with Crippen LogP contribution in [0.1, 0.15) is 17.1 Å². The van der Waals surface area contributed by atoms with Crippen molar-refractivity contribution in [2.75, 3.05) is 5.43 Å². The molecule has 0 saturated carbocycles. The van der Waals surface area contributed by atoms with Gasteiger partial charge in [-0.2, -0.15) is 0 Å². The van der Waals surface area contributed by atoms with E-state index in [0.717, 1.165) is 27.0 Å². The van der Waals surface area contributed by atoms with Gasteiger partial charge in [0, 0.05) is 16.2 Å². The number of benzene rings is 1. The number of aromatic nitrogens is 2. The van der Waals surface area contributed by atoms with Crippen LogP contribution in [0.3, 0.4) is 0 Å². The molecule has 3 N–H and O–H groups in total. The Morgan fingerprint density at radius 3 is 2.68 bits per heavy atom. The molecular formula is C13H15ClN4S. The minimum Gasteiger partial charge on any atom is -0.308 e. The van der Waals surface area contributed by atoms with Crippen LogP contribution in [-0.2, 0) is 5.75 Å². The van der Waals surface area contributed by atoms with Gasteiger partial charge in [0.05, 0.1) is 10.8 Å². The highest BCUT2D eigenvalue weighted by Gasteiger charge is 2.08. The number of hydrogen-bond donors (Lipinski definition) is 2. The third-order valence-corrected chi connectivity index (χ3v) is 4.28. The normalized spacial score (nSPS) is 10.5. The predicted octanol–water partition coefficient (Wildman–Crippen LogP) is 3.32. The van der Waals surface area contributed by atoms with Crippen molar-refractivity contribution in [1.82, 2.24) is 9.97 Å². The maximum absolute atomic E-state index is 6.11. The first-order valence-corrected chi connectivity index (χ1v) is 7.16. The summed E-state index contributed by atoms with van der Waals surface area (Å²) in [6.07, 6.45) is 0. The number of halogens is 1. The first-order chi connectivity index (χ1) is 9.11. The topological polar surface area (TPSA) is 63.8 Å². The lowest BCUT2D eigenvalue weighted by Gasteiger charge is -2.09. The SMILES string of the molecule is Cc1nc(CSc2ccccc2Cl)nc(NN)c1C. The molecule has 0 fully saturated rings. The van der Waals surface area contributed by atoms with Gasteiger partial charge in [-0.15, -0.1) is 11.8 Å². The highest BCUT2D eigenvalue weighted by molar-refractivity contribution is 7.98. The smallest absolute Gasteiger partial charge is 0.146 e. The second-order valence-corrected chi connectivity index (χ2v) is 5.49. The molecule has 0 saturated heterocycles. The number of nitrogen functional groups attached to an aromatic ring is 1. The number of nitrogens with one attached hydrogen (secondary N) is 1. The van der Waals surface area contributed by atoms with Crippen molar-refractivity contribution < 1.29 is 0 Å². The summed E-state index contributed by atoms with van der Waals surface area (Å²) in [5.74, 6) is 7.51. The highest BCUT2D eigenvalue weighted by Crippen LogP contribution is 2.29. The molecule has 1 aromatic carbocycles. The number of hydrogen-bond acceptors (Lipinski definition) is 5. The van der Waals surface area contributed by atoms with Crippen molar-refractivity contribution >= 4 is 29.2 Å². The van der Waals surface area contributed by atoms with Gasteiger partial charge in [0.2, 0.25) is 0 Å². The van der Waals surface area contributed by atoms with Crippen molar-refractivity contribution in [3.05, 3.63) is 46.4 Å². The van der Waals surface area contributed by atoms with Crippen LogP contribution in [0.25, 0.3) is 0 Å². The van der Waals surface area contributed by atoms with Crippen LogP contribution in [0, 0.1) is 13.8 Å². The fourth-order valence-corrected chi connectivity index (χ4v) is 2.69. The van der Waals surface area contributed by atoms with E-state index in [4.69, 9.17) is 17.4 Å². The second-order valence-electron chi connectivity index (χ2n) is 4.06. The molecule has 2 rings (SSSR count). The van der Waals surface area contributed by atoms with Crippen LogP contribution in [-0.4, -0.2) is 9.97 Å². The summed E-state index contributed by atoms with van der Waals surface area (Å²) in [5.41, 5.74) is 4.49. The van der Waals surface area contributed by atoms with Gasteiger partial charge in [-0.3, -0.25) is 0 Å². The lowest BCUT2D eigenvalue weighted by Crippen LogP contribution is -2.13. The Labute approximate surface area is 121 Å². The third kappa shape index (κ3) is 3.37. The number of nitrogens with zero attached hydrogens (tertiary/aromatic N) is 2. The molecule has 1 aromatic heterocycles. The summed E-state index contributed by atoms with van der Waals surface area (Å²) < 4.78 is 0. The summed E-state index contributed by atoms with van der Waals surface area (Å²) in [4.78, 5) is 9.86. The molecule has 1 heterocycles. The molecule has 4 nitrogen and oxygen atoms in total. The van der Waals surface area contributed by atoms with E-state index < -0.39 is 0 Å². The van der Waals surface area contributed by atoms with Gasteiger partial charge >= 0.3 is 0 Å². The molecule has 0 amide bonds. The van der Waals surface area contributed by atoms with Crippen molar-refractivity contribution in [2.24, 2.45) is 5.84 Å². The highest BCUT2D eigenvalue weighted by atomic mass is 35.5. The zero-order valence-electron chi connectivity index (χ0n) is 10.8. The first kappa shape index (κ1) is 14.1. The molecule has 0 spiro atoms. The van der Waals surface area contributed by atoms with Gasteiger partial charge in [0.15, 0.2) is 0 Å². The summed E-state index contributed by atoms with van der Waals surface area (Å²) in [6, 6.07) is 7.73. The zero-order valence-corrected chi connectivity index (χ0v) is 12.3. The Balaban J connectivity index is 2.16. The molecule has 0 aliphatic rings. The molecule has 0 aliphatic heterocycles. The summed E-state index contributed by atoms with van der Waals surface area (Å²) in [7, 11) is 0. The number of rotatable bonds is 4. The van der Waals surface area contributed by atoms with Crippen LogP contribution in [0.2, 0.25) is 5.02 Å². The van der Waals surface area contributed by atoms with Crippen LogP contribution in [0.5, 0.6) is 0 Å². The number of hydrazine groups is 1. The van der Waals surface area contributed by atoms with E-state index in [-0.39, 0.29) is 0 Å². The van der Waals surface area contributed by atoms with Crippen LogP contribution >= 0.6 is 23.4 Å². The molecule has 100 valence electrons. The van der Waals surface area contributed by atoms with Crippen LogP contribution in [0.15, 0.2) is 29.2 Å². The van der Waals surface area contributed by atoms with E-state index in [1.807, 2.05) is 38.1 Å². The average Bonchev–Trinajstić information content (AvgIpc) is 2.41. The molecule has 0 aliphatic carbocycles. The summed E-state index contributed by atoms with van der Waals surface area (Å²) in [6.45, 7) is 3.89. The molecule has 0 unspecified atom stereocenters. The molecule has 2 aromatic rings. The largest absolute Gasteiger partial charge is 0.308 e. The van der Waals surface area contributed by atoms with E-state index in [2.05, 4.69) is 15.4 Å². The monoisotopic (exact) mass is 294 g/mol. The lowest BCUT2D eigenvalue weighted by atomic mass is 10.2. The Hall–Kier alpha value is -1.30. The maximum atomic E-state index is 6.11. The Bertz CT molecular complexity index is 589. The molecule has 6 heteroatoms. The molecule has 0 radical (unpaired) electrons. The van der Waals surface area contributed by atoms with E-state index in [9.17, 15) is 0 Å². The van der Waals surface area contributed by atoms with E-state index in [1.165, 1.54) is 0 Å². The molecule has 0 bridgehead atoms. The summed E-state index contributed by atoms with van der Waals surface area (Å²) >= 11 is 7.72. The van der Waals surface area contributed by atoms with Crippen LogP contribution in [0.4, 0.5) is 5.82 Å². The molecule has 0 atom stereocenters. The fraction of sp³-hybridized carbons (Fsp3) is 0.231. The zero-order chi connectivity index (χ0) is 13.8. The van der Waals surface area contributed by atoms with Crippen molar-refractivity contribution in [3.8, 4) is 0 Å². The maximum Gasteiger partial charge on any atom is 0.146 e. The van der Waals surface area contributed by atoms with E-state index in [1.54, 1.807) is 11.8 Å². The lowest BCUT2D eigenvalue weighted by molar-refractivity contribution is 0.968. The Kier molecular flexibility index (Phi) is 4.63. The van der Waals surface area contributed by atoms with Gasteiger partial charge in [-0.1, -0.05) is 23.7 Å². The third-order valence-electron chi connectivity index (χ3n) is 2.77. The van der Waals surface area contributed by atoms with Crippen molar-refractivity contribution in [3.63, 3.8) is 0 Å². The minimum absolute atomic E-state index is 0.652. The van der Waals surface area contributed by atoms with Gasteiger partial charge in [0.1, 0.15) is 11.6 Å². The summed E-state index contributed by atoms with van der Waals surface area (Å²) in [5, 5.41) is 0.744. The Morgan fingerprint density at radius 1 is 1.26 bits per heavy atom. The van der Waals surface area contributed by atoms with Gasteiger partial charge in [-0.25, -0.2) is 15.8 Å². The average molecular weight is 295 g/mol. The Morgan fingerprint density at radius 2 is 2.00 bits per heavy atom. The number of nitrogens with two attached hydrogens (primary N) is 1. The van der Waals surface area contributed by atoms with Gasteiger partial charge in [-0.05, 0) is 26.0 Å². The number of thioether (sulfide) groups is 1. The van der Waals surface area contributed by atoms with Crippen molar-refractivity contribution in [1.29, 1.82) is 0 Å². The minimum atomic E-state index is 0.652. The van der Waals surface area contributed by atoms with E-state index >= 15 is 0 Å². The van der Waals surface area contributed by atoms with Gasteiger partial charge in [0.25, 0.3) is 0 Å². The number of aryl methyl sites for hydroxylation is 1.